The summed E-state index contributed by atoms with van der Waals surface area (Å²) in [5.74, 6) is 0.0232. The molecule has 2 rings (SSSR count). The van der Waals surface area contributed by atoms with Gasteiger partial charge in [0.25, 0.3) is 0 Å². The van der Waals surface area contributed by atoms with Crippen LogP contribution in [0.3, 0.4) is 0 Å². The molecule has 6 heteroatoms. The van der Waals surface area contributed by atoms with Crippen molar-refractivity contribution in [2.45, 2.75) is 50.9 Å². The maximum absolute atomic E-state index is 12.6. The third-order valence-corrected chi connectivity index (χ3v) is 4.16. The van der Waals surface area contributed by atoms with Crippen LogP contribution in [0.4, 0.5) is 13.2 Å². The summed E-state index contributed by atoms with van der Waals surface area (Å²) in [5.41, 5.74) is 5.74. The van der Waals surface area contributed by atoms with Crippen molar-refractivity contribution in [2.24, 2.45) is 11.7 Å². The predicted octanol–water partition coefficient (Wildman–Crippen LogP) is 3.23. The van der Waals surface area contributed by atoms with Gasteiger partial charge in [-0.3, -0.25) is 4.79 Å². The van der Waals surface area contributed by atoms with Gasteiger partial charge in [0.15, 0.2) is 0 Å². The molecule has 0 saturated heterocycles. The summed E-state index contributed by atoms with van der Waals surface area (Å²) in [5, 5.41) is 2.68. The van der Waals surface area contributed by atoms with Crippen LogP contribution in [0.15, 0.2) is 24.3 Å². The molecule has 22 heavy (non-hydrogen) atoms. The van der Waals surface area contributed by atoms with Gasteiger partial charge in [0.05, 0.1) is 5.56 Å². The quantitative estimate of drug-likeness (QED) is 0.896. The monoisotopic (exact) mass is 314 g/mol. The molecule has 0 spiro atoms. The van der Waals surface area contributed by atoms with Crippen molar-refractivity contribution in [3.63, 3.8) is 0 Å². The molecule has 1 aromatic rings. The first kappa shape index (κ1) is 16.8. The summed E-state index contributed by atoms with van der Waals surface area (Å²) in [6.07, 6.45) is 0.0432. The minimum Gasteiger partial charge on any atom is -0.352 e. The molecule has 3 nitrogen and oxygen atoms in total. The second-order valence-electron chi connectivity index (χ2n) is 5.89. The van der Waals surface area contributed by atoms with E-state index in [4.69, 9.17) is 5.73 Å². The predicted molar refractivity (Wildman–Crippen MR) is 77.8 cm³/mol. The average molecular weight is 314 g/mol. The van der Waals surface area contributed by atoms with Crippen LogP contribution in [0.25, 0.3) is 0 Å². The second kappa shape index (κ2) is 7.13. The Hall–Kier alpha value is -1.56. The largest absolute Gasteiger partial charge is 0.416 e. The lowest BCUT2D eigenvalue weighted by molar-refractivity contribution is -0.137. The summed E-state index contributed by atoms with van der Waals surface area (Å²) < 4.78 is 37.9. The van der Waals surface area contributed by atoms with Gasteiger partial charge < -0.3 is 11.1 Å². The lowest BCUT2D eigenvalue weighted by Crippen LogP contribution is -2.37. The van der Waals surface area contributed by atoms with Crippen LogP contribution in [0, 0.1) is 5.92 Å². The molecule has 1 fully saturated rings. The van der Waals surface area contributed by atoms with Crippen molar-refractivity contribution < 1.29 is 18.0 Å². The molecule has 1 aliphatic rings. The van der Waals surface area contributed by atoms with E-state index < -0.39 is 11.7 Å². The number of benzene rings is 1. The number of nitrogens with one attached hydrogen (secondary N) is 1. The van der Waals surface area contributed by atoms with E-state index in [2.05, 4.69) is 5.32 Å². The van der Waals surface area contributed by atoms with E-state index in [1.807, 2.05) is 0 Å². The van der Waals surface area contributed by atoms with Crippen molar-refractivity contribution in [3.8, 4) is 0 Å². The fourth-order valence-electron chi connectivity index (χ4n) is 2.86. The third-order valence-electron chi connectivity index (χ3n) is 4.16. The Bertz CT molecular complexity index is 516. The molecule has 3 N–H and O–H groups in total. The lowest BCUT2D eigenvalue weighted by Gasteiger charge is -2.27. The van der Waals surface area contributed by atoms with Gasteiger partial charge in [0.1, 0.15) is 0 Å². The molecule has 1 amide bonds. The lowest BCUT2D eigenvalue weighted by atomic mass is 9.83. The van der Waals surface area contributed by atoms with Crippen LogP contribution >= 0.6 is 0 Å². The van der Waals surface area contributed by atoms with E-state index in [0.29, 0.717) is 12.0 Å². The smallest absolute Gasteiger partial charge is 0.352 e. The molecule has 122 valence electrons. The number of halogens is 3. The van der Waals surface area contributed by atoms with E-state index in [-0.39, 0.29) is 24.4 Å². The Kier molecular flexibility index (Phi) is 5.45. The normalized spacial score (nSPS) is 22.4. The minimum atomic E-state index is -4.37. The van der Waals surface area contributed by atoms with Crippen LogP contribution in [0.1, 0.15) is 43.2 Å². The highest BCUT2D eigenvalue weighted by Gasteiger charge is 2.30. The molecule has 0 bridgehead atoms. The van der Waals surface area contributed by atoms with E-state index in [1.54, 1.807) is 6.07 Å². The SMILES string of the molecule is NC1CCCCC1CC(=O)NCc1cccc(C(F)(F)F)c1. The number of amides is 1. The van der Waals surface area contributed by atoms with Gasteiger partial charge in [-0.2, -0.15) is 13.2 Å². The number of rotatable bonds is 4. The number of hydrogen-bond acceptors (Lipinski definition) is 2. The van der Waals surface area contributed by atoms with Crippen LogP contribution in [-0.4, -0.2) is 11.9 Å². The fraction of sp³-hybridized carbons (Fsp3) is 0.562. The number of alkyl halides is 3. The number of hydrogen-bond donors (Lipinski definition) is 2. The zero-order valence-corrected chi connectivity index (χ0v) is 12.3. The number of nitrogens with two attached hydrogens (primary N) is 1. The van der Waals surface area contributed by atoms with Crippen molar-refractivity contribution in [2.75, 3.05) is 0 Å². The van der Waals surface area contributed by atoms with Crippen molar-refractivity contribution >= 4 is 5.91 Å². The maximum Gasteiger partial charge on any atom is 0.416 e. The molecule has 0 aromatic heterocycles. The average Bonchev–Trinajstić information content (AvgIpc) is 2.47. The summed E-state index contributed by atoms with van der Waals surface area (Å²) in [6, 6.07) is 5.05. The Morgan fingerprint density at radius 1 is 1.27 bits per heavy atom. The first-order valence-corrected chi connectivity index (χ1v) is 7.54. The van der Waals surface area contributed by atoms with E-state index in [9.17, 15) is 18.0 Å². The van der Waals surface area contributed by atoms with Crippen LogP contribution in [-0.2, 0) is 17.5 Å². The number of carbonyl (C=O) groups excluding carboxylic acids is 1. The molecule has 0 radical (unpaired) electrons. The number of carbonyl (C=O) groups is 1. The highest BCUT2D eigenvalue weighted by molar-refractivity contribution is 5.76. The summed E-state index contributed by atoms with van der Waals surface area (Å²) in [6.45, 7) is 0.102. The van der Waals surface area contributed by atoms with E-state index in [1.165, 1.54) is 6.07 Å². The van der Waals surface area contributed by atoms with Gasteiger partial charge in [-0.05, 0) is 36.5 Å². The van der Waals surface area contributed by atoms with Gasteiger partial charge in [-0.1, -0.05) is 25.0 Å². The molecular weight excluding hydrogens is 293 g/mol. The first-order valence-electron chi connectivity index (χ1n) is 7.54. The molecule has 2 atom stereocenters. The summed E-state index contributed by atoms with van der Waals surface area (Å²) in [7, 11) is 0. The minimum absolute atomic E-state index is 0.0491. The Labute approximate surface area is 128 Å². The summed E-state index contributed by atoms with van der Waals surface area (Å²) in [4.78, 5) is 11.9. The van der Waals surface area contributed by atoms with Gasteiger partial charge in [-0.15, -0.1) is 0 Å². The molecule has 1 saturated carbocycles. The maximum atomic E-state index is 12.6. The van der Waals surface area contributed by atoms with E-state index in [0.717, 1.165) is 37.8 Å². The Balaban J connectivity index is 1.86. The topological polar surface area (TPSA) is 55.1 Å². The van der Waals surface area contributed by atoms with Crippen molar-refractivity contribution in [3.05, 3.63) is 35.4 Å². The Morgan fingerprint density at radius 3 is 2.68 bits per heavy atom. The zero-order valence-electron chi connectivity index (χ0n) is 12.3. The molecule has 0 aliphatic heterocycles. The van der Waals surface area contributed by atoms with Gasteiger partial charge in [0, 0.05) is 19.0 Å². The van der Waals surface area contributed by atoms with Crippen LogP contribution < -0.4 is 11.1 Å². The zero-order chi connectivity index (χ0) is 16.2. The third kappa shape index (κ3) is 4.73. The molecule has 0 heterocycles. The van der Waals surface area contributed by atoms with Crippen LogP contribution in [0.2, 0.25) is 0 Å². The molecule has 2 unspecified atom stereocenters. The standard InChI is InChI=1S/C16H21F3N2O/c17-16(18,19)13-6-3-4-11(8-13)10-21-15(22)9-12-5-1-2-7-14(12)20/h3-4,6,8,12,14H,1-2,5,7,9-10,20H2,(H,21,22). The second-order valence-corrected chi connectivity index (χ2v) is 5.89. The van der Waals surface area contributed by atoms with Gasteiger partial charge in [-0.25, -0.2) is 0 Å². The molecule has 1 aliphatic carbocycles. The highest BCUT2D eigenvalue weighted by Crippen LogP contribution is 2.29. The van der Waals surface area contributed by atoms with Gasteiger partial charge in [0.2, 0.25) is 5.91 Å². The first-order chi connectivity index (χ1) is 10.4. The van der Waals surface area contributed by atoms with Crippen molar-refractivity contribution in [1.82, 2.24) is 5.32 Å². The highest BCUT2D eigenvalue weighted by atomic mass is 19.4. The van der Waals surface area contributed by atoms with Crippen LogP contribution in [0.5, 0.6) is 0 Å². The molecule has 1 aromatic carbocycles. The molecular formula is C16H21F3N2O. The summed E-state index contributed by atoms with van der Waals surface area (Å²) >= 11 is 0. The van der Waals surface area contributed by atoms with Crippen molar-refractivity contribution in [1.29, 1.82) is 0 Å². The van der Waals surface area contributed by atoms with Gasteiger partial charge >= 0.3 is 6.18 Å². The fourth-order valence-corrected chi connectivity index (χ4v) is 2.86. The Morgan fingerprint density at radius 2 is 2.00 bits per heavy atom. The van der Waals surface area contributed by atoms with E-state index >= 15 is 0 Å².